The number of carbonyl (C=O) groups is 1. The van der Waals surface area contributed by atoms with Gasteiger partial charge in [0.25, 0.3) is 0 Å². The maximum absolute atomic E-state index is 12.7. The second-order valence-corrected chi connectivity index (χ2v) is 3.61. The van der Waals surface area contributed by atoms with E-state index in [1.165, 1.54) is 12.1 Å². The van der Waals surface area contributed by atoms with Gasteiger partial charge >= 0.3 is 6.09 Å². The Balaban J connectivity index is 2.68. The van der Waals surface area contributed by atoms with E-state index < -0.39 is 11.9 Å². The summed E-state index contributed by atoms with van der Waals surface area (Å²) in [5.74, 6) is -0.456. The average molecular weight is 232 g/mol. The van der Waals surface area contributed by atoms with Crippen LogP contribution >= 0.6 is 11.6 Å². The van der Waals surface area contributed by atoms with Crippen molar-refractivity contribution in [3.63, 3.8) is 0 Å². The first-order valence-electron chi connectivity index (χ1n) is 4.41. The summed E-state index contributed by atoms with van der Waals surface area (Å²) in [6.45, 7) is 3.46. The molecule has 0 saturated heterocycles. The van der Waals surface area contributed by atoms with Gasteiger partial charge in [0.1, 0.15) is 5.82 Å². The molecule has 0 atom stereocenters. The molecule has 0 radical (unpaired) electrons. The molecule has 0 bridgehead atoms. The van der Waals surface area contributed by atoms with Crippen LogP contribution in [0, 0.1) is 5.82 Å². The Morgan fingerprint density at radius 3 is 2.73 bits per heavy atom. The van der Waals surface area contributed by atoms with Crippen LogP contribution in [-0.4, -0.2) is 12.2 Å². The highest BCUT2D eigenvalue weighted by atomic mass is 35.5. The average Bonchev–Trinajstić information content (AvgIpc) is 2.08. The summed E-state index contributed by atoms with van der Waals surface area (Å²) in [4.78, 5) is 11.2. The van der Waals surface area contributed by atoms with E-state index in [9.17, 15) is 9.18 Å². The van der Waals surface area contributed by atoms with Gasteiger partial charge in [-0.15, -0.1) is 0 Å². The number of rotatable bonds is 2. The number of halogens is 2. The molecular formula is C10H11ClFNO2. The summed E-state index contributed by atoms with van der Waals surface area (Å²) in [6.07, 6.45) is -0.831. The molecular weight excluding hydrogens is 221 g/mol. The Morgan fingerprint density at radius 2 is 2.20 bits per heavy atom. The second-order valence-electron chi connectivity index (χ2n) is 3.20. The molecule has 1 rings (SSSR count). The number of nitrogens with one attached hydrogen (secondary N) is 1. The lowest BCUT2D eigenvalue weighted by Crippen LogP contribution is -2.18. The Kier molecular flexibility index (Phi) is 3.91. The van der Waals surface area contributed by atoms with Gasteiger partial charge in [0.2, 0.25) is 0 Å². The van der Waals surface area contributed by atoms with E-state index in [2.05, 4.69) is 5.32 Å². The van der Waals surface area contributed by atoms with Crippen LogP contribution in [0.3, 0.4) is 0 Å². The maximum Gasteiger partial charge on any atom is 0.411 e. The van der Waals surface area contributed by atoms with Gasteiger partial charge < -0.3 is 4.74 Å². The number of hydrogen-bond donors (Lipinski definition) is 1. The third-order valence-corrected chi connectivity index (χ3v) is 1.82. The smallest absolute Gasteiger partial charge is 0.411 e. The summed E-state index contributed by atoms with van der Waals surface area (Å²) in [7, 11) is 0. The normalized spacial score (nSPS) is 10.2. The summed E-state index contributed by atoms with van der Waals surface area (Å²) in [5.41, 5.74) is 0.323. The Bertz CT molecular complexity index is 368. The molecule has 1 aromatic carbocycles. The fourth-order valence-electron chi connectivity index (χ4n) is 0.944. The zero-order chi connectivity index (χ0) is 11.4. The zero-order valence-corrected chi connectivity index (χ0v) is 9.14. The van der Waals surface area contributed by atoms with E-state index in [1.807, 2.05) is 0 Å². The third-order valence-electron chi connectivity index (χ3n) is 1.51. The van der Waals surface area contributed by atoms with Crippen molar-refractivity contribution in [2.45, 2.75) is 20.0 Å². The molecule has 0 aliphatic rings. The molecule has 0 aromatic heterocycles. The molecule has 0 spiro atoms. The molecule has 3 nitrogen and oxygen atoms in total. The first kappa shape index (κ1) is 11.8. The van der Waals surface area contributed by atoms with Gasteiger partial charge in [-0.05, 0) is 32.0 Å². The van der Waals surface area contributed by atoms with Crippen molar-refractivity contribution in [2.24, 2.45) is 0 Å². The minimum absolute atomic E-state index is 0.135. The van der Waals surface area contributed by atoms with Crippen LogP contribution in [0.4, 0.5) is 14.9 Å². The van der Waals surface area contributed by atoms with Crippen LogP contribution in [0.1, 0.15) is 13.8 Å². The van der Waals surface area contributed by atoms with Gasteiger partial charge in [0.15, 0.2) is 0 Å². The van der Waals surface area contributed by atoms with Gasteiger partial charge in [0, 0.05) is 0 Å². The Hall–Kier alpha value is -1.29. The molecule has 0 heterocycles. The number of anilines is 1. The van der Waals surface area contributed by atoms with Crippen molar-refractivity contribution >= 4 is 23.4 Å². The third kappa shape index (κ3) is 3.75. The lowest BCUT2D eigenvalue weighted by atomic mass is 10.3. The molecule has 0 saturated carbocycles. The van der Waals surface area contributed by atoms with E-state index >= 15 is 0 Å². The number of carbonyl (C=O) groups excluding carboxylic acids is 1. The van der Waals surface area contributed by atoms with Gasteiger partial charge in [-0.1, -0.05) is 11.6 Å². The monoisotopic (exact) mass is 231 g/mol. The van der Waals surface area contributed by atoms with Gasteiger partial charge in [0.05, 0.1) is 16.8 Å². The van der Waals surface area contributed by atoms with E-state index in [0.717, 1.165) is 6.07 Å². The van der Waals surface area contributed by atoms with Crippen LogP contribution in [0.15, 0.2) is 18.2 Å². The first-order chi connectivity index (χ1) is 6.99. The van der Waals surface area contributed by atoms with E-state index in [1.54, 1.807) is 13.8 Å². The molecule has 1 N–H and O–H groups in total. The molecule has 1 aromatic rings. The lowest BCUT2D eigenvalue weighted by Gasteiger charge is -2.10. The maximum atomic E-state index is 12.7. The quantitative estimate of drug-likeness (QED) is 0.847. The SMILES string of the molecule is CC(C)OC(=O)Nc1ccc(F)cc1Cl. The number of amides is 1. The number of ether oxygens (including phenoxy) is 1. The van der Waals surface area contributed by atoms with Crippen LogP contribution in [0.25, 0.3) is 0 Å². The van der Waals surface area contributed by atoms with Crippen LogP contribution < -0.4 is 5.32 Å². The Labute approximate surface area is 92.2 Å². The topological polar surface area (TPSA) is 38.3 Å². The van der Waals surface area contributed by atoms with Gasteiger partial charge in [-0.3, -0.25) is 5.32 Å². The molecule has 0 aliphatic carbocycles. The molecule has 1 amide bonds. The molecule has 15 heavy (non-hydrogen) atoms. The van der Waals surface area contributed by atoms with Crippen LogP contribution in [0.5, 0.6) is 0 Å². The summed E-state index contributed by atoms with van der Waals surface area (Å²) < 4.78 is 17.5. The first-order valence-corrected chi connectivity index (χ1v) is 4.79. The fourth-order valence-corrected chi connectivity index (χ4v) is 1.16. The van der Waals surface area contributed by atoms with E-state index in [4.69, 9.17) is 16.3 Å². The lowest BCUT2D eigenvalue weighted by molar-refractivity contribution is 0.130. The molecule has 0 unspecified atom stereocenters. The highest BCUT2D eigenvalue weighted by Crippen LogP contribution is 2.22. The standard InChI is InChI=1S/C10H11ClFNO2/c1-6(2)15-10(14)13-9-4-3-7(12)5-8(9)11/h3-6H,1-2H3,(H,13,14). The van der Waals surface area contributed by atoms with E-state index in [-0.39, 0.29) is 11.1 Å². The van der Waals surface area contributed by atoms with Crippen molar-refractivity contribution in [1.82, 2.24) is 0 Å². The van der Waals surface area contributed by atoms with Crippen LogP contribution in [-0.2, 0) is 4.74 Å². The molecule has 82 valence electrons. The summed E-state index contributed by atoms with van der Waals surface area (Å²) >= 11 is 5.70. The van der Waals surface area contributed by atoms with Crippen molar-refractivity contribution in [3.05, 3.63) is 29.0 Å². The minimum Gasteiger partial charge on any atom is -0.447 e. The molecule has 5 heteroatoms. The number of benzene rings is 1. The zero-order valence-electron chi connectivity index (χ0n) is 8.38. The van der Waals surface area contributed by atoms with Crippen molar-refractivity contribution in [2.75, 3.05) is 5.32 Å². The van der Waals surface area contributed by atoms with E-state index in [0.29, 0.717) is 5.69 Å². The van der Waals surface area contributed by atoms with Crippen molar-refractivity contribution < 1.29 is 13.9 Å². The predicted octanol–water partition coefficient (Wildman–Crippen LogP) is 3.44. The highest BCUT2D eigenvalue weighted by Gasteiger charge is 2.08. The Morgan fingerprint density at radius 1 is 1.53 bits per heavy atom. The molecule has 0 fully saturated rings. The molecule has 0 aliphatic heterocycles. The predicted molar refractivity (Wildman–Crippen MR) is 56.6 cm³/mol. The van der Waals surface area contributed by atoms with Crippen LogP contribution in [0.2, 0.25) is 5.02 Å². The van der Waals surface area contributed by atoms with Gasteiger partial charge in [-0.2, -0.15) is 0 Å². The number of hydrogen-bond acceptors (Lipinski definition) is 2. The van der Waals surface area contributed by atoms with Gasteiger partial charge in [-0.25, -0.2) is 9.18 Å². The second kappa shape index (κ2) is 4.98. The van der Waals surface area contributed by atoms with Crippen molar-refractivity contribution in [3.8, 4) is 0 Å². The largest absolute Gasteiger partial charge is 0.447 e. The highest BCUT2D eigenvalue weighted by molar-refractivity contribution is 6.33. The summed E-state index contributed by atoms with van der Waals surface area (Å²) in [5, 5.41) is 2.54. The summed E-state index contributed by atoms with van der Waals surface area (Å²) in [6, 6.07) is 3.70. The minimum atomic E-state index is -0.612. The fraction of sp³-hybridized carbons (Fsp3) is 0.300. The van der Waals surface area contributed by atoms with Crippen molar-refractivity contribution in [1.29, 1.82) is 0 Å².